The van der Waals surface area contributed by atoms with Crippen LogP contribution in [-0.4, -0.2) is 11.8 Å². The van der Waals surface area contributed by atoms with Crippen molar-refractivity contribution < 1.29 is 5.21 Å². The fourth-order valence-corrected chi connectivity index (χ4v) is 0. The molecular weight excluding hydrogens is 66.0 g/mol. The third kappa shape index (κ3) is 17.1. The summed E-state index contributed by atoms with van der Waals surface area (Å²) in [6.07, 6.45) is 0. The highest BCUT2D eigenvalue weighted by atomic mass is 16.5. The number of hydrogen-bond acceptors (Lipinski definition) is 2. The Balaban J connectivity index is 0. The zero-order valence-corrected chi connectivity index (χ0v) is 2.65. The van der Waals surface area contributed by atoms with Crippen molar-refractivity contribution in [3.63, 3.8) is 0 Å². The molecule has 0 rings (SSSR count). The van der Waals surface area contributed by atoms with E-state index < -0.39 is 0 Å². The van der Waals surface area contributed by atoms with Crippen molar-refractivity contribution in [2.45, 2.75) is 14.4 Å². The molecule has 0 spiro atoms. The number of hydrogen-bond donors (Lipinski definition) is 2. The van der Waals surface area contributed by atoms with Gasteiger partial charge in [0.2, 0.25) is 0 Å². The predicted octanol–water partition coefficient (Wildman–Crippen LogP) is 0.621. The Kier molecular flexibility index (Phi) is 16.1. The van der Waals surface area contributed by atoms with Gasteiger partial charge < -0.3 is 5.21 Å². The normalized spacial score (nSPS) is 6.00. The first-order valence-electron chi connectivity index (χ1n) is 1.28. The van der Waals surface area contributed by atoms with Gasteiger partial charge in [0, 0.05) is 6.54 Å². The van der Waals surface area contributed by atoms with Gasteiger partial charge >= 0.3 is 0 Å². The zero-order valence-electron chi connectivity index (χ0n) is 2.65. The first-order valence-corrected chi connectivity index (χ1v) is 1.28. The SMILES string of the molecule is C.CCNO. The van der Waals surface area contributed by atoms with Gasteiger partial charge in [-0.1, -0.05) is 14.4 Å². The van der Waals surface area contributed by atoms with E-state index in [1.54, 1.807) is 0 Å². The summed E-state index contributed by atoms with van der Waals surface area (Å²) in [5, 5.41) is 7.62. The van der Waals surface area contributed by atoms with Crippen LogP contribution in [0.2, 0.25) is 0 Å². The van der Waals surface area contributed by atoms with Gasteiger partial charge in [-0.2, -0.15) is 0 Å². The molecule has 2 nitrogen and oxygen atoms in total. The molecule has 0 aromatic carbocycles. The Morgan fingerprint density at radius 1 is 1.80 bits per heavy atom. The molecule has 0 aliphatic carbocycles. The molecule has 0 aliphatic heterocycles. The third-order valence-electron chi connectivity index (χ3n) is 0.158. The summed E-state index contributed by atoms with van der Waals surface area (Å²) in [5.41, 5.74) is 1.93. The van der Waals surface area contributed by atoms with Crippen LogP contribution >= 0.6 is 0 Å². The maximum absolute atomic E-state index is 7.62. The molecule has 0 radical (unpaired) electrons. The first-order chi connectivity index (χ1) is 1.91. The van der Waals surface area contributed by atoms with E-state index in [1.807, 2.05) is 12.4 Å². The van der Waals surface area contributed by atoms with Crippen molar-refractivity contribution in [2.75, 3.05) is 6.54 Å². The molecular formula is C3H11NO. The van der Waals surface area contributed by atoms with Gasteiger partial charge in [0.05, 0.1) is 0 Å². The molecule has 0 saturated carbocycles. The molecule has 2 N–H and O–H groups in total. The van der Waals surface area contributed by atoms with Crippen LogP contribution in [0.1, 0.15) is 14.4 Å². The molecule has 0 aromatic heterocycles. The molecule has 34 valence electrons. The van der Waals surface area contributed by atoms with Crippen molar-refractivity contribution in [1.29, 1.82) is 0 Å². The molecule has 5 heavy (non-hydrogen) atoms. The molecule has 0 atom stereocenters. The van der Waals surface area contributed by atoms with E-state index in [0.717, 1.165) is 0 Å². The van der Waals surface area contributed by atoms with Gasteiger partial charge in [-0.05, 0) is 0 Å². The highest BCUT2D eigenvalue weighted by Gasteiger charge is 1.51. The molecule has 0 aromatic rings. The van der Waals surface area contributed by atoms with Crippen molar-refractivity contribution in [3.8, 4) is 0 Å². The summed E-state index contributed by atoms with van der Waals surface area (Å²) in [6.45, 7) is 2.44. The van der Waals surface area contributed by atoms with Crippen molar-refractivity contribution >= 4 is 0 Å². The average molecular weight is 77.1 g/mol. The number of nitrogens with one attached hydrogen (secondary N) is 1. The van der Waals surface area contributed by atoms with E-state index in [-0.39, 0.29) is 7.43 Å². The van der Waals surface area contributed by atoms with Crippen LogP contribution in [0.15, 0.2) is 0 Å². The summed E-state index contributed by atoms with van der Waals surface area (Å²) < 4.78 is 0. The molecule has 0 aliphatic rings. The smallest absolute Gasteiger partial charge is 0.0179 e. The monoisotopic (exact) mass is 77.1 g/mol. The second-order valence-electron chi connectivity index (χ2n) is 0.512. The topological polar surface area (TPSA) is 32.3 Å². The summed E-state index contributed by atoms with van der Waals surface area (Å²) in [6, 6.07) is 0. The molecule has 0 heterocycles. The largest absolute Gasteiger partial charge is 0.317 e. The Bertz CT molecular complexity index is 8.85. The van der Waals surface area contributed by atoms with E-state index in [4.69, 9.17) is 5.21 Å². The Morgan fingerprint density at radius 3 is 2.00 bits per heavy atom. The van der Waals surface area contributed by atoms with Crippen LogP contribution in [0.3, 0.4) is 0 Å². The minimum Gasteiger partial charge on any atom is -0.317 e. The first kappa shape index (κ1) is 8.87. The molecule has 0 amide bonds. The second-order valence-corrected chi connectivity index (χ2v) is 0.512. The summed E-state index contributed by atoms with van der Waals surface area (Å²) in [5.74, 6) is 0. The highest BCUT2D eigenvalue weighted by Crippen LogP contribution is 1.34. The lowest BCUT2D eigenvalue weighted by molar-refractivity contribution is 0.173. The van der Waals surface area contributed by atoms with Crippen molar-refractivity contribution in [3.05, 3.63) is 0 Å². The van der Waals surface area contributed by atoms with Crippen LogP contribution in [0, 0.1) is 0 Å². The standard InChI is InChI=1S/C2H7NO.CH4/c1-2-3-4;/h3-4H,2H2,1H3;1H4. The molecule has 0 fully saturated rings. The Morgan fingerprint density at radius 2 is 2.00 bits per heavy atom. The van der Waals surface area contributed by atoms with Crippen LogP contribution in [0.5, 0.6) is 0 Å². The minimum atomic E-state index is 0. The third-order valence-corrected chi connectivity index (χ3v) is 0.158. The minimum absolute atomic E-state index is 0. The Labute approximate surface area is 32.8 Å². The van der Waals surface area contributed by atoms with Crippen LogP contribution in [0.4, 0.5) is 0 Å². The number of rotatable bonds is 1. The summed E-state index contributed by atoms with van der Waals surface area (Å²) in [4.78, 5) is 0. The zero-order chi connectivity index (χ0) is 3.41. The van der Waals surface area contributed by atoms with Gasteiger partial charge in [0.15, 0.2) is 0 Å². The van der Waals surface area contributed by atoms with E-state index >= 15 is 0 Å². The Hall–Kier alpha value is -0.0800. The van der Waals surface area contributed by atoms with Crippen molar-refractivity contribution in [2.24, 2.45) is 0 Å². The highest BCUT2D eigenvalue weighted by molar-refractivity contribution is 4.04. The predicted molar refractivity (Wildman–Crippen MR) is 22.2 cm³/mol. The fraction of sp³-hybridized carbons (Fsp3) is 1.00. The van der Waals surface area contributed by atoms with E-state index in [2.05, 4.69) is 0 Å². The lowest BCUT2D eigenvalue weighted by Gasteiger charge is -1.75. The van der Waals surface area contributed by atoms with Gasteiger partial charge in [-0.3, -0.25) is 0 Å². The van der Waals surface area contributed by atoms with E-state index in [0.29, 0.717) is 6.54 Å². The van der Waals surface area contributed by atoms with E-state index in [9.17, 15) is 0 Å². The van der Waals surface area contributed by atoms with Gasteiger partial charge in [0.25, 0.3) is 0 Å². The molecule has 0 bridgehead atoms. The van der Waals surface area contributed by atoms with Gasteiger partial charge in [0.1, 0.15) is 0 Å². The van der Waals surface area contributed by atoms with Gasteiger partial charge in [-0.15, -0.1) is 0 Å². The second kappa shape index (κ2) is 9.07. The molecule has 0 saturated heterocycles. The van der Waals surface area contributed by atoms with Crippen LogP contribution < -0.4 is 5.48 Å². The maximum atomic E-state index is 7.62. The summed E-state index contributed by atoms with van der Waals surface area (Å²) >= 11 is 0. The fourth-order valence-electron chi connectivity index (χ4n) is 0. The van der Waals surface area contributed by atoms with Gasteiger partial charge in [-0.25, -0.2) is 5.48 Å². The quantitative estimate of drug-likeness (QED) is 0.450. The van der Waals surface area contributed by atoms with E-state index in [1.165, 1.54) is 0 Å². The van der Waals surface area contributed by atoms with Crippen LogP contribution in [-0.2, 0) is 0 Å². The number of hydroxylamine groups is 1. The summed E-state index contributed by atoms with van der Waals surface area (Å²) in [7, 11) is 0. The van der Waals surface area contributed by atoms with Crippen LogP contribution in [0.25, 0.3) is 0 Å². The average Bonchev–Trinajstić information content (AvgIpc) is 1.37. The molecule has 2 heteroatoms. The van der Waals surface area contributed by atoms with Crippen molar-refractivity contribution in [1.82, 2.24) is 5.48 Å². The lowest BCUT2D eigenvalue weighted by atomic mass is 10.8. The maximum Gasteiger partial charge on any atom is 0.0179 e. The molecule has 0 unspecified atom stereocenters. The lowest BCUT2D eigenvalue weighted by Crippen LogP contribution is -2.02.